The second kappa shape index (κ2) is 5.49. The quantitative estimate of drug-likeness (QED) is 0.674. The van der Waals surface area contributed by atoms with E-state index < -0.39 is 10.8 Å². The van der Waals surface area contributed by atoms with E-state index in [0.29, 0.717) is 5.92 Å². The summed E-state index contributed by atoms with van der Waals surface area (Å²) in [7, 11) is 0.305. The van der Waals surface area contributed by atoms with Crippen LogP contribution in [0.25, 0.3) is 0 Å². The SMILES string of the molecule is COC(=O)CS(=O)C1CCCC(C)C1. The van der Waals surface area contributed by atoms with Crippen molar-refractivity contribution in [3.63, 3.8) is 0 Å². The molecule has 3 atom stereocenters. The molecule has 0 spiro atoms. The van der Waals surface area contributed by atoms with Gasteiger partial charge >= 0.3 is 5.97 Å². The van der Waals surface area contributed by atoms with E-state index in [0.717, 1.165) is 19.3 Å². The average molecular weight is 218 g/mol. The highest BCUT2D eigenvalue weighted by molar-refractivity contribution is 7.86. The Bertz CT molecular complexity index is 227. The Labute approximate surface area is 87.7 Å². The van der Waals surface area contributed by atoms with Gasteiger partial charge in [-0.05, 0) is 18.8 Å². The van der Waals surface area contributed by atoms with Crippen LogP contribution in [0.1, 0.15) is 32.6 Å². The predicted molar refractivity (Wildman–Crippen MR) is 56.4 cm³/mol. The Morgan fingerprint density at radius 1 is 1.50 bits per heavy atom. The van der Waals surface area contributed by atoms with Gasteiger partial charge < -0.3 is 4.74 Å². The number of hydrogen-bond donors (Lipinski definition) is 0. The van der Waals surface area contributed by atoms with Crippen LogP contribution in [0.2, 0.25) is 0 Å². The van der Waals surface area contributed by atoms with E-state index in [4.69, 9.17) is 0 Å². The normalized spacial score (nSPS) is 29.6. The van der Waals surface area contributed by atoms with Crippen molar-refractivity contribution in [3.05, 3.63) is 0 Å². The number of ether oxygens (including phenoxy) is 1. The summed E-state index contributed by atoms with van der Waals surface area (Å²) >= 11 is 0. The van der Waals surface area contributed by atoms with Gasteiger partial charge in [0, 0.05) is 16.0 Å². The van der Waals surface area contributed by atoms with E-state index in [1.807, 2.05) is 0 Å². The topological polar surface area (TPSA) is 43.4 Å². The molecule has 1 aliphatic rings. The van der Waals surface area contributed by atoms with Crippen LogP contribution in [0.4, 0.5) is 0 Å². The van der Waals surface area contributed by atoms with Gasteiger partial charge in [-0.15, -0.1) is 0 Å². The fourth-order valence-electron chi connectivity index (χ4n) is 1.91. The monoisotopic (exact) mass is 218 g/mol. The van der Waals surface area contributed by atoms with Crippen LogP contribution in [0, 0.1) is 5.92 Å². The highest BCUT2D eigenvalue weighted by Crippen LogP contribution is 2.27. The van der Waals surface area contributed by atoms with Crippen molar-refractivity contribution in [3.8, 4) is 0 Å². The minimum atomic E-state index is -1.03. The Morgan fingerprint density at radius 2 is 2.21 bits per heavy atom. The molecule has 0 aromatic rings. The fourth-order valence-corrected chi connectivity index (χ4v) is 3.47. The summed E-state index contributed by atoms with van der Waals surface area (Å²) < 4.78 is 16.2. The summed E-state index contributed by atoms with van der Waals surface area (Å²) in [5, 5.41) is 0.206. The lowest BCUT2D eigenvalue weighted by Gasteiger charge is -2.25. The second-order valence-electron chi connectivity index (χ2n) is 3.99. The van der Waals surface area contributed by atoms with Gasteiger partial charge in [0.2, 0.25) is 0 Å². The van der Waals surface area contributed by atoms with E-state index in [1.54, 1.807) is 0 Å². The third-order valence-electron chi connectivity index (χ3n) is 2.75. The van der Waals surface area contributed by atoms with Crippen molar-refractivity contribution in [1.82, 2.24) is 0 Å². The first-order valence-electron chi connectivity index (χ1n) is 5.07. The number of carbonyl (C=O) groups is 1. The van der Waals surface area contributed by atoms with Crippen molar-refractivity contribution in [2.45, 2.75) is 37.9 Å². The molecule has 1 rings (SSSR count). The number of esters is 1. The first-order chi connectivity index (χ1) is 6.63. The zero-order valence-electron chi connectivity index (χ0n) is 8.82. The third kappa shape index (κ3) is 3.40. The Hall–Kier alpha value is -0.380. The van der Waals surface area contributed by atoms with Gasteiger partial charge in [-0.1, -0.05) is 19.8 Å². The van der Waals surface area contributed by atoms with E-state index in [-0.39, 0.29) is 17.0 Å². The molecule has 0 heterocycles. The van der Waals surface area contributed by atoms with Crippen LogP contribution in [-0.4, -0.2) is 28.3 Å². The van der Waals surface area contributed by atoms with Crippen molar-refractivity contribution in [1.29, 1.82) is 0 Å². The molecule has 3 nitrogen and oxygen atoms in total. The van der Waals surface area contributed by atoms with Gasteiger partial charge in [0.05, 0.1) is 7.11 Å². The third-order valence-corrected chi connectivity index (χ3v) is 4.44. The highest BCUT2D eigenvalue weighted by atomic mass is 32.2. The molecule has 0 aliphatic heterocycles. The molecule has 0 radical (unpaired) electrons. The standard InChI is InChI=1S/C10H18O3S/c1-8-4-3-5-9(6-8)14(12)7-10(11)13-2/h8-9H,3-7H2,1-2H3. The van der Waals surface area contributed by atoms with Gasteiger partial charge in [0.25, 0.3) is 0 Å². The van der Waals surface area contributed by atoms with E-state index in [9.17, 15) is 9.00 Å². The smallest absolute Gasteiger partial charge is 0.318 e. The van der Waals surface area contributed by atoms with Gasteiger partial charge in [-0.3, -0.25) is 9.00 Å². The summed E-state index contributed by atoms with van der Waals surface area (Å²) in [6.45, 7) is 2.18. The van der Waals surface area contributed by atoms with Crippen LogP contribution < -0.4 is 0 Å². The van der Waals surface area contributed by atoms with Crippen LogP contribution in [0.15, 0.2) is 0 Å². The van der Waals surface area contributed by atoms with Crippen molar-refractivity contribution in [2.24, 2.45) is 5.92 Å². The molecule has 1 fully saturated rings. The summed E-state index contributed by atoms with van der Waals surface area (Å²) in [4.78, 5) is 10.9. The first-order valence-corrected chi connectivity index (χ1v) is 6.45. The van der Waals surface area contributed by atoms with Crippen LogP contribution in [0.3, 0.4) is 0 Å². The number of carbonyl (C=O) groups excluding carboxylic acids is 1. The summed E-state index contributed by atoms with van der Waals surface area (Å²) in [6.07, 6.45) is 4.35. The lowest BCUT2D eigenvalue weighted by molar-refractivity contribution is -0.137. The molecule has 0 aromatic heterocycles. The summed E-state index contributed by atoms with van der Waals surface area (Å²) in [5.41, 5.74) is 0. The zero-order valence-corrected chi connectivity index (χ0v) is 9.64. The number of hydrogen-bond acceptors (Lipinski definition) is 3. The van der Waals surface area contributed by atoms with Crippen molar-refractivity contribution >= 4 is 16.8 Å². The van der Waals surface area contributed by atoms with E-state index >= 15 is 0 Å². The van der Waals surface area contributed by atoms with Crippen molar-refractivity contribution < 1.29 is 13.7 Å². The molecule has 0 bridgehead atoms. The minimum Gasteiger partial charge on any atom is -0.468 e. The number of methoxy groups -OCH3 is 1. The van der Waals surface area contributed by atoms with E-state index in [2.05, 4.69) is 11.7 Å². The summed E-state index contributed by atoms with van der Waals surface area (Å²) in [5.74, 6) is 0.352. The van der Waals surface area contributed by atoms with Gasteiger partial charge in [-0.25, -0.2) is 0 Å². The molecule has 4 heteroatoms. The lowest BCUT2D eigenvalue weighted by Crippen LogP contribution is -2.27. The van der Waals surface area contributed by atoms with Gasteiger partial charge in [-0.2, -0.15) is 0 Å². The zero-order chi connectivity index (χ0) is 10.6. The second-order valence-corrected chi connectivity index (χ2v) is 5.71. The Balaban J connectivity index is 2.39. The maximum absolute atomic E-state index is 11.7. The first kappa shape index (κ1) is 11.7. The maximum Gasteiger partial charge on any atom is 0.318 e. The van der Waals surface area contributed by atoms with Gasteiger partial charge in [0.1, 0.15) is 5.75 Å². The Kier molecular flexibility index (Phi) is 4.58. The van der Waals surface area contributed by atoms with Crippen LogP contribution in [-0.2, 0) is 20.3 Å². The molecular weight excluding hydrogens is 200 g/mol. The molecule has 1 aliphatic carbocycles. The maximum atomic E-state index is 11.7. The molecule has 14 heavy (non-hydrogen) atoms. The largest absolute Gasteiger partial charge is 0.468 e. The highest BCUT2D eigenvalue weighted by Gasteiger charge is 2.25. The average Bonchev–Trinajstić information content (AvgIpc) is 2.17. The molecule has 0 amide bonds. The van der Waals surface area contributed by atoms with Crippen molar-refractivity contribution in [2.75, 3.05) is 12.9 Å². The van der Waals surface area contributed by atoms with Gasteiger partial charge in [0.15, 0.2) is 0 Å². The Morgan fingerprint density at radius 3 is 2.79 bits per heavy atom. The summed E-state index contributed by atoms with van der Waals surface area (Å²) in [6, 6.07) is 0. The molecular formula is C10H18O3S. The molecule has 82 valence electrons. The molecule has 0 N–H and O–H groups in total. The molecule has 0 aromatic carbocycles. The minimum absolute atomic E-state index is 0.0634. The lowest BCUT2D eigenvalue weighted by atomic mass is 9.91. The molecule has 3 unspecified atom stereocenters. The fraction of sp³-hybridized carbons (Fsp3) is 0.900. The molecule has 1 saturated carbocycles. The van der Waals surface area contributed by atoms with Crippen LogP contribution in [0.5, 0.6) is 0 Å². The predicted octanol–water partition coefficient (Wildman–Crippen LogP) is 1.49. The van der Waals surface area contributed by atoms with Crippen LogP contribution >= 0.6 is 0 Å². The van der Waals surface area contributed by atoms with E-state index in [1.165, 1.54) is 13.5 Å². The molecule has 0 saturated heterocycles. The number of rotatable bonds is 3.